The number of rotatable bonds is 4. The number of hydrogen-bond donors (Lipinski definition) is 0. The molecule has 0 amide bonds. The Hall–Kier alpha value is -3.55. The van der Waals surface area contributed by atoms with Gasteiger partial charge in [0.1, 0.15) is 28.9 Å². The van der Waals surface area contributed by atoms with Crippen molar-refractivity contribution >= 4 is 0 Å². The summed E-state index contributed by atoms with van der Waals surface area (Å²) in [5, 5.41) is 12.9. The summed E-state index contributed by atoms with van der Waals surface area (Å²) in [6.45, 7) is 10.3. The van der Waals surface area contributed by atoms with E-state index in [-0.39, 0.29) is 22.6 Å². The summed E-state index contributed by atoms with van der Waals surface area (Å²) in [7, 11) is 0. The minimum Gasteiger partial charge on any atom is -0.361 e. The molecule has 0 radical (unpaired) electrons. The van der Waals surface area contributed by atoms with Gasteiger partial charge in [0, 0.05) is 12.3 Å². The molecule has 6 nitrogen and oxygen atoms in total. The molecule has 0 spiro atoms. The van der Waals surface area contributed by atoms with E-state index >= 15 is 0 Å². The van der Waals surface area contributed by atoms with Crippen LogP contribution in [0.25, 0.3) is 22.6 Å². The van der Waals surface area contributed by atoms with Gasteiger partial charge >= 0.3 is 0 Å². The molecule has 0 N–H and O–H groups in total. The Labute approximate surface area is 196 Å². The Bertz CT molecular complexity index is 1380. The standard InChI is InChI=1S/C26H25F2N5O/c1-6-16-15-13-21(22-17(27)8-7-9-18(22)28)31-32-23(15)26(5,25(16,3)4)24-29-11-10-19(30-24)20-12-14(2)34-33-20/h7-13,16H,6H2,1-5H3. The van der Waals surface area contributed by atoms with E-state index in [4.69, 9.17) is 9.51 Å². The Balaban J connectivity index is 1.70. The Kier molecular flexibility index (Phi) is 5.07. The van der Waals surface area contributed by atoms with Crippen LogP contribution in [0.2, 0.25) is 0 Å². The summed E-state index contributed by atoms with van der Waals surface area (Å²) in [4.78, 5) is 9.50. The molecule has 0 saturated carbocycles. The average molecular weight is 462 g/mol. The number of hydrogen-bond acceptors (Lipinski definition) is 6. The van der Waals surface area contributed by atoms with Crippen LogP contribution in [0.3, 0.4) is 0 Å². The fraction of sp³-hybridized carbons (Fsp3) is 0.346. The number of aromatic nitrogens is 5. The first-order chi connectivity index (χ1) is 16.2. The van der Waals surface area contributed by atoms with Gasteiger partial charge in [-0.3, -0.25) is 0 Å². The molecule has 0 bridgehead atoms. The van der Waals surface area contributed by atoms with Gasteiger partial charge in [0.05, 0.1) is 28.1 Å². The highest BCUT2D eigenvalue weighted by Gasteiger charge is 2.58. The van der Waals surface area contributed by atoms with Gasteiger partial charge in [0.25, 0.3) is 0 Å². The predicted octanol–water partition coefficient (Wildman–Crippen LogP) is 6.01. The molecule has 2 unspecified atom stereocenters. The molecule has 0 saturated heterocycles. The monoisotopic (exact) mass is 461 g/mol. The number of benzene rings is 1. The lowest BCUT2D eigenvalue weighted by molar-refractivity contribution is 0.185. The second-order valence-corrected chi connectivity index (χ2v) is 9.53. The first kappa shape index (κ1) is 22.3. The molecule has 0 fully saturated rings. The van der Waals surface area contributed by atoms with Crippen molar-refractivity contribution in [3.8, 4) is 22.6 Å². The fourth-order valence-corrected chi connectivity index (χ4v) is 5.32. The third kappa shape index (κ3) is 3.08. The Morgan fingerprint density at radius 1 is 0.971 bits per heavy atom. The molecule has 3 heterocycles. The van der Waals surface area contributed by atoms with E-state index in [1.807, 2.05) is 13.0 Å². The summed E-state index contributed by atoms with van der Waals surface area (Å²) < 4.78 is 34.2. The molecular formula is C26H25F2N5O. The van der Waals surface area contributed by atoms with Gasteiger partial charge in [0.15, 0.2) is 0 Å². The van der Waals surface area contributed by atoms with E-state index in [0.29, 0.717) is 23.0 Å². The minimum atomic E-state index is -0.697. The smallest absolute Gasteiger partial charge is 0.141 e. The zero-order valence-electron chi connectivity index (χ0n) is 19.7. The van der Waals surface area contributed by atoms with E-state index < -0.39 is 17.0 Å². The molecule has 34 heavy (non-hydrogen) atoms. The summed E-state index contributed by atoms with van der Waals surface area (Å²) in [5.41, 5.74) is 1.87. The molecule has 0 aliphatic heterocycles. The van der Waals surface area contributed by atoms with Gasteiger partial charge in [-0.2, -0.15) is 5.10 Å². The Morgan fingerprint density at radius 3 is 2.35 bits per heavy atom. The van der Waals surface area contributed by atoms with Crippen LogP contribution in [0.1, 0.15) is 62.9 Å². The second-order valence-electron chi connectivity index (χ2n) is 9.53. The van der Waals surface area contributed by atoms with Crippen molar-refractivity contribution in [3.63, 3.8) is 0 Å². The van der Waals surface area contributed by atoms with Crippen molar-refractivity contribution < 1.29 is 13.3 Å². The Morgan fingerprint density at radius 2 is 1.71 bits per heavy atom. The van der Waals surface area contributed by atoms with Crippen LogP contribution < -0.4 is 0 Å². The van der Waals surface area contributed by atoms with E-state index in [0.717, 1.165) is 17.7 Å². The SMILES string of the molecule is CCC1c2cc(-c3c(F)cccc3F)nnc2C(C)(c2nccc(-c3cc(C)on3)n2)C1(C)C. The normalized spacial score (nSPS) is 21.0. The van der Waals surface area contributed by atoms with E-state index in [9.17, 15) is 8.78 Å². The molecule has 1 aromatic carbocycles. The first-order valence-corrected chi connectivity index (χ1v) is 11.3. The number of aryl methyl sites for hydroxylation is 1. The van der Waals surface area contributed by atoms with Crippen molar-refractivity contribution in [1.82, 2.24) is 25.3 Å². The van der Waals surface area contributed by atoms with Crippen molar-refractivity contribution in [1.29, 1.82) is 0 Å². The largest absolute Gasteiger partial charge is 0.361 e. The highest BCUT2D eigenvalue weighted by atomic mass is 19.1. The van der Waals surface area contributed by atoms with Gasteiger partial charge in [0.2, 0.25) is 0 Å². The molecular weight excluding hydrogens is 436 g/mol. The lowest BCUT2D eigenvalue weighted by atomic mass is 9.63. The zero-order valence-corrected chi connectivity index (χ0v) is 19.7. The van der Waals surface area contributed by atoms with Crippen molar-refractivity contribution in [2.24, 2.45) is 5.41 Å². The third-order valence-electron chi connectivity index (χ3n) is 7.45. The fourth-order valence-electron chi connectivity index (χ4n) is 5.32. The van der Waals surface area contributed by atoms with Crippen LogP contribution in [-0.2, 0) is 5.41 Å². The van der Waals surface area contributed by atoms with Gasteiger partial charge in [-0.15, -0.1) is 5.10 Å². The molecule has 174 valence electrons. The quantitative estimate of drug-likeness (QED) is 0.370. The maximum Gasteiger partial charge on any atom is 0.141 e. The van der Waals surface area contributed by atoms with Crippen LogP contribution in [0, 0.1) is 24.0 Å². The summed E-state index contributed by atoms with van der Waals surface area (Å²) in [6.07, 6.45) is 2.52. The van der Waals surface area contributed by atoms with Crippen molar-refractivity contribution in [2.45, 2.75) is 52.4 Å². The summed E-state index contributed by atoms with van der Waals surface area (Å²) in [6, 6.07) is 9.18. The van der Waals surface area contributed by atoms with E-state index in [1.54, 1.807) is 18.3 Å². The van der Waals surface area contributed by atoms with Crippen molar-refractivity contribution in [3.05, 3.63) is 77.1 Å². The highest BCUT2D eigenvalue weighted by Crippen LogP contribution is 2.61. The van der Waals surface area contributed by atoms with Gasteiger partial charge in [-0.1, -0.05) is 32.0 Å². The van der Waals surface area contributed by atoms with E-state index in [1.165, 1.54) is 18.2 Å². The van der Waals surface area contributed by atoms with Gasteiger partial charge in [-0.05, 0) is 61.4 Å². The van der Waals surface area contributed by atoms with Crippen molar-refractivity contribution in [2.75, 3.05) is 0 Å². The molecule has 1 aliphatic rings. The second kappa shape index (κ2) is 7.75. The molecule has 4 aromatic rings. The molecule has 1 aliphatic carbocycles. The number of halogens is 2. The molecule has 3 aromatic heterocycles. The van der Waals surface area contributed by atoms with Crippen LogP contribution in [0.5, 0.6) is 0 Å². The maximum absolute atomic E-state index is 14.5. The van der Waals surface area contributed by atoms with Crippen LogP contribution >= 0.6 is 0 Å². The molecule has 5 rings (SSSR count). The van der Waals surface area contributed by atoms with Gasteiger partial charge in [-0.25, -0.2) is 18.7 Å². The predicted molar refractivity (Wildman–Crippen MR) is 123 cm³/mol. The van der Waals surface area contributed by atoms with Gasteiger partial charge < -0.3 is 4.52 Å². The first-order valence-electron chi connectivity index (χ1n) is 11.3. The topological polar surface area (TPSA) is 77.6 Å². The summed E-state index contributed by atoms with van der Waals surface area (Å²) >= 11 is 0. The third-order valence-corrected chi connectivity index (χ3v) is 7.45. The number of nitrogens with zero attached hydrogens (tertiary/aromatic N) is 5. The number of fused-ring (bicyclic) bond motifs is 1. The van der Waals surface area contributed by atoms with Crippen LogP contribution in [0.4, 0.5) is 8.78 Å². The molecule has 2 atom stereocenters. The zero-order chi connectivity index (χ0) is 24.3. The lowest BCUT2D eigenvalue weighted by Crippen LogP contribution is -2.40. The van der Waals surface area contributed by atoms with Crippen LogP contribution in [0.15, 0.2) is 47.1 Å². The lowest BCUT2D eigenvalue weighted by Gasteiger charge is -2.40. The average Bonchev–Trinajstić information content (AvgIpc) is 3.31. The van der Waals surface area contributed by atoms with E-state index in [2.05, 4.69) is 48.0 Å². The summed E-state index contributed by atoms with van der Waals surface area (Å²) in [5.74, 6) is 0.00496. The maximum atomic E-state index is 14.5. The minimum absolute atomic E-state index is 0.0538. The highest BCUT2D eigenvalue weighted by molar-refractivity contribution is 5.63. The van der Waals surface area contributed by atoms with Crippen LogP contribution in [-0.4, -0.2) is 25.3 Å². The molecule has 8 heteroatoms.